The van der Waals surface area contributed by atoms with Crippen molar-refractivity contribution in [2.45, 2.75) is 5.92 Å². The molecule has 1 N–H and O–H groups in total. The number of carbonyl (C=O) groups is 1. The van der Waals surface area contributed by atoms with Crippen molar-refractivity contribution in [3.05, 3.63) is 126 Å². The molecule has 0 saturated carbocycles. The average Bonchev–Trinajstić information content (AvgIpc) is 2.85. The van der Waals surface area contributed by atoms with E-state index in [4.69, 9.17) is 9.47 Å². The third kappa shape index (κ3) is 5.76. The molecule has 0 fully saturated rings. The van der Waals surface area contributed by atoms with Crippen molar-refractivity contribution in [1.82, 2.24) is 0 Å². The molecular weight excluding hydrogens is 398 g/mol. The summed E-state index contributed by atoms with van der Waals surface area (Å²) in [5, 5.41) is 3.04. The number of benzene rings is 4. The van der Waals surface area contributed by atoms with Gasteiger partial charge in [-0.15, -0.1) is 0 Å². The molecule has 0 atom stereocenters. The number of anilines is 1. The predicted octanol–water partition coefficient (Wildman–Crippen LogP) is 5.92. The fourth-order valence-electron chi connectivity index (χ4n) is 3.47. The van der Waals surface area contributed by atoms with Crippen LogP contribution in [0.25, 0.3) is 0 Å². The largest absolute Gasteiger partial charge is 0.490 e. The topological polar surface area (TPSA) is 47.6 Å². The molecule has 4 nitrogen and oxygen atoms in total. The molecule has 160 valence electrons. The highest BCUT2D eigenvalue weighted by molar-refractivity contribution is 5.98. The Bertz CT molecular complexity index is 1060. The first-order chi connectivity index (χ1) is 15.8. The van der Waals surface area contributed by atoms with Crippen LogP contribution in [-0.4, -0.2) is 19.1 Å². The summed E-state index contributed by atoms with van der Waals surface area (Å²) < 4.78 is 11.4. The van der Waals surface area contributed by atoms with E-state index in [1.165, 1.54) is 0 Å². The molecule has 0 saturated heterocycles. The minimum absolute atomic E-state index is 0.0765. The fraction of sp³-hybridized carbons (Fsp3) is 0.107. The summed E-state index contributed by atoms with van der Waals surface area (Å²) in [6, 6.07) is 36.6. The predicted molar refractivity (Wildman–Crippen MR) is 127 cm³/mol. The second-order valence-electron chi connectivity index (χ2n) is 7.28. The summed E-state index contributed by atoms with van der Waals surface area (Å²) in [5.41, 5.74) is 2.63. The lowest BCUT2D eigenvalue weighted by Gasteiger charge is -2.18. The standard InChI is InChI=1S/C28H25NO3/c30-28(27(22-10-4-1-5-11-22)23-12-6-2-7-13-23)29-24-16-18-26(19-17-24)32-21-20-31-25-14-8-3-9-15-25/h1-19,27H,20-21H2,(H,29,30). The van der Waals surface area contributed by atoms with E-state index in [0.29, 0.717) is 13.2 Å². The number of hydrogen-bond acceptors (Lipinski definition) is 3. The second kappa shape index (κ2) is 10.8. The van der Waals surface area contributed by atoms with Gasteiger partial charge in [-0.1, -0.05) is 78.9 Å². The lowest BCUT2D eigenvalue weighted by atomic mass is 9.90. The number of ether oxygens (including phenoxy) is 2. The van der Waals surface area contributed by atoms with Gasteiger partial charge in [0.1, 0.15) is 24.7 Å². The van der Waals surface area contributed by atoms with Crippen molar-refractivity contribution in [3.63, 3.8) is 0 Å². The lowest BCUT2D eigenvalue weighted by molar-refractivity contribution is -0.116. The van der Waals surface area contributed by atoms with Crippen LogP contribution in [0.3, 0.4) is 0 Å². The van der Waals surface area contributed by atoms with Crippen molar-refractivity contribution >= 4 is 11.6 Å². The number of amides is 1. The van der Waals surface area contributed by atoms with E-state index in [1.807, 2.05) is 115 Å². The maximum absolute atomic E-state index is 13.2. The molecule has 0 aliphatic rings. The zero-order valence-electron chi connectivity index (χ0n) is 17.7. The number of para-hydroxylation sites is 1. The van der Waals surface area contributed by atoms with Gasteiger partial charge in [0.05, 0.1) is 5.92 Å². The van der Waals surface area contributed by atoms with Gasteiger partial charge < -0.3 is 14.8 Å². The van der Waals surface area contributed by atoms with Crippen molar-refractivity contribution in [1.29, 1.82) is 0 Å². The van der Waals surface area contributed by atoms with Gasteiger partial charge in [0.25, 0.3) is 0 Å². The van der Waals surface area contributed by atoms with Gasteiger partial charge in [0.2, 0.25) is 5.91 Å². The molecular formula is C28H25NO3. The normalized spacial score (nSPS) is 10.5. The third-order valence-electron chi connectivity index (χ3n) is 5.01. The summed E-state index contributed by atoms with van der Waals surface area (Å²) in [6.07, 6.45) is 0. The molecule has 1 amide bonds. The number of carbonyl (C=O) groups excluding carboxylic acids is 1. The first kappa shape index (κ1) is 21.2. The number of hydrogen-bond donors (Lipinski definition) is 1. The smallest absolute Gasteiger partial charge is 0.236 e. The molecule has 0 unspecified atom stereocenters. The van der Waals surface area contributed by atoms with Gasteiger partial charge in [-0.2, -0.15) is 0 Å². The Labute approximate surface area is 188 Å². The Morgan fingerprint density at radius 3 is 1.53 bits per heavy atom. The summed E-state index contributed by atoms with van der Waals surface area (Å²) in [7, 11) is 0. The maximum Gasteiger partial charge on any atom is 0.236 e. The first-order valence-corrected chi connectivity index (χ1v) is 10.6. The fourth-order valence-corrected chi connectivity index (χ4v) is 3.47. The van der Waals surface area contributed by atoms with Gasteiger partial charge in [-0.25, -0.2) is 0 Å². The van der Waals surface area contributed by atoms with E-state index < -0.39 is 0 Å². The van der Waals surface area contributed by atoms with Crippen LogP contribution in [0.4, 0.5) is 5.69 Å². The Kier molecular flexibility index (Phi) is 7.17. The van der Waals surface area contributed by atoms with Crippen LogP contribution in [0.1, 0.15) is 17.0 Å². The highest BCUT2D eigenvalue weighted by atomic mass is 16.5. The van der Waals surface area contributed by atoms with Crippen LogP contribution < -0.4 is 14.8 Å². The number of nitrogens with one attached hydrogen (secondary N) is 1. The zero-order valence-corrected chi connectivity index (χ0v) is 17.7. The summed E-state index contributed by atoms with van der Waals surface area (Å²) in [6.45, 7) is 0.892. The lowest BCUT2D eigenvalue weighted by Crippen LogP contribution is -2.22. The molecule has 0 radical (unpaired) electrons. The Morgan fingerprint density at radius 2 is 1.03 bits per heavy atom. The molecule has 4 rings (SSSR count). The average molecular weight is 424 g/mol. The molecule has 0 heterocycles. The molecule has 4 aromatic rings. The Morgan fingerprint density at radius 1 is 0.594 bits per heavy atom. The van der Waals surface area contributed by atoms with Crippen molar-refractivity contribution in [2.24, 2.45) is 0 Å². The van der Waals surface area contributed by atoms with Gasteiger partial charge in [0, 0.05) is 5.69 Å². The quantitative estimate of drug-likeness (QED) is 0.340. The van der Waals surface area contributed by atoms with Gasteiger partial charge in [-0.05, 0) is 47.5 Å². The van der Waals surface area contributed by atoms with Crippen LogP contribution in [-0.2, 0) is 4.79 Å². The van der Waals surface area contributed by atoms with Crippen LogP contribution in [0.15, 0.2) is 115 Å². The highest BCUT2D eigenvalue weighted by Crippen LogP contribution is 2.26. The summed E-state index contributed by atoms with van der Waals surface area (Å²) in [4.78, 5) is 13.2. The molecule has 0 bridgehead atoms. The number of rotatable bonds is 9. The Balaban J connectivity index is 1.36. The third-order valence-corrected chi connectivity index (χ3v) is 5.01. The van der Waals surface area contributed by atoms with E-state index >= 15 is 0 Å². The molecule has 32 heavy (non-hydrogen) atoms. The maximum atomic E-state index is 13.2. The molecule has 0 spiro atoms. The van der Waals surface area contributed by atoms with E-state index in [0.717, 1.165) is 28.3 Å². The van der Waals surface area contributed by atoms with Crippen LogP contribution in [0, 0.1) is 0 Å². The second-order valence-corrected chi connectivity index (χ2v) is 7.28. The van der Waals surface area contributed by atoms with Crippen LogP contribution in [0.5, 0.6) is 11.5 Å². The van der Waals surface area contributed by atoms with Crippen LogP contribution >= 0.6 is 0 Å². The Hall–Kier alpha value is -4.05. The summed E-state index contributed by atoms with van der Waals surface area (Å²) >= 11 is 0. The van der Waals surface area contributed by atoms with Gasteiger partial charge in [0.15, 0.2) is 0 Å². The molecule has 0 aliphatic heterocycles. The molecule has 4 aromatic carbocycles. The van der Waals surface area contributed by atoms with E-state index in [2.05, 4.69) is 5.32 Å². The minimum atomic E-state index is -0.386. The summed E-state index contributed by atoms with van der Waals surface area (Å²) in [5.74, 6) is 1.08. The van der Waals surface area contributed by atoms with Crippen molar-refractivity contribution in [3.8, 4) is 11.5 Å². The van der Waals surface area contributed by atoms with Crippen molar-refractivity contribution in [2.75, 3.05) is 18.5 Å². The minimum Gasteiger partial charge on any atom is -0.490 e. The highest BCUT2D eigenvalue weighted by Gasteiger charge is 2.22. The monoisotopic (exact) mass is 423 g/mol. The van der Waals surface area contributed by atoms with Crippen molar-refractivity contribution < 1.29 is 14.3 Å². The van der Waals surface area contributed by atoms with Gasteiger partial charge in [-0.3, -0.25) is 4.79 Å². The zero-order chi connectivity index (χ0) is 22.0. The van der Waals surface area contributed by atoms with E-state index in [-0.39, 0.29) is 11.8 Å². The van der Waals surface area contributed by atoms with E-state index in [1.54, 1.807) is 0 Å². The first-order valence-electron chi connectivity index (χ1n) is 10.6. The van der Waals surface area contributed by atoms with Gasteiger partial charge >= 0.3 is 0 Å². The molecule has 0 aromatic heterocycles. The van der Waals surface area contributed by atoms with Crippen LogP contribution in [0.2, 0.25) is 0 Å². The molecule has 4 heteroatoms. The van der Waals surface area contributed by atoms with E-state index in [9.17, 15) is 4.79 Å². The molecule has 0 aliphatic carbocycles. The SMILES string of the molecule is O=C(Nc1ccc(OCCOc2ccccc2)cc1)C(c1ccccc1)c1ccccc1.